The highest BCUT2D eigenvalue weighted by Gasteiger charge is 2.01. The Bertz CT molecular complexity index is 589. The monoisotopic (exact) mass is 276 g/mol. The van der Waals surface area contributed by atoms with Gasteiger partial charge in [-0.15, -0.1) is 0 Å². The molecule has 0 bridgehead atoms. The first-order valence-electron chi connectivity index (χ1n) is 6.04. The molecule has 2 aromatic rings. The van der Waals surface area contributed by atoms with Gasteiger partial charge in [0.05, 0.1) is 0 Å². The summed E-state index contributed by atoms with van der Waals surface area (Å²) in [7, 11) is 1.54. The van der Waals surface area contributed by atoms with Crippen LogP contribution in [-0.4, -0.2) is 13.9 Å². The smallest absolute Gasteiger partial charge is 0.188 e. The molecule has 0 saturated heterocycles. The van der Waals surface area contributed by atoms with Gasteiger partial charge in [0.1, 0.15) is 17.4 Å². The van der Waals surface area contributed by atoms with E-state index in [0.717, 1.165) is 11.6 Å². The van der Waals surface area contributed by atoms with E-state index in [9.17, 15) is 8.78 Å². The molecule has 0 aliphatic heterocycles. The molecule has 0 aromatic heterocycles. The van der Waals surface area contributed by atoms with Crippen LogP contribution in [0.25, 0.3) is 12.2 Å². The van der Waals surface area contributed by atoms with Crippen LogP contribution < -0.4 is 4.74 Å². The standard InChI is InChI=1S/C16H14F2O2/c1-19-11-20-16-5-3-2-4-13(16)7-6-12-8-14(17)10-15(18)9-12/h2-10H,11H2,1H3/b7-6+. The van der Waals surface area contributed by atoms with E-state index in [0.29, 0.717) is 11.3 Å². The third-order valence-electron chi connectivity index (χ3n) is 2.59. The fourth-order valence-corrected chi connectivity index (χ4v) is 1.73. The van der Waals surface area contributed by atoms with Crippen LogP contribution in [0.2, 0.25) is 0 Å². The number of hydrogen-bond acceptors (Lipinski definition) is 2. The molecule has 104 valence electrons. The van der Waals surface area contributed by atoms with Crippen molar-refractivity contribution < 1.29 is 18.3 Å². The van der Waals surface area contributed by atoms with Gasteiger partial charge >= 0.3 is 0 Å². The number of benzene rings is 2. The van der Waals surface area contributed by atoms with E-state index in [1.54, 1.807) is 18.2 Å². The Hall–Kier alpha value is -2.20. The van der Waals surface area contributed by atoms with Crippen LogP contribution in [0.3, 0.4) is 0 Å². The lowest BCUT2D eigenvalue weighted by Gasteiger charge is -2.07. The van der Waals surface area contributed by atoms with Crippen LogP contribution in [0.5, 0.6) is 5.75 Å². The maximum atomic E-state index is 13.1. The lowest BCUT2D eigenvalue weighted by molar-refractivity contribution is 0.0510. The lowest BCUT2D eigenvalue weighted by Crippen LogP contribution is -1.99. The zero-order chi connectivity index (χ0) is 14.4. The molecular formula is C16H14F2O2. The molecule has 0 spiro atoms. The van der Waals surface area contributed by atoms with Crippen molar-refractivity contribution in [2.75, 3.05) is 13.9 Å². The normalized spacial score (nSPS) is 10.9. The average Bonchev–Trinajstić information content (AvgIpc) is 2.43. The van der Waals surface area contributed by atoms with Crippen molar-refractivity contribution in [2.24, 2.45) is 0 Å². The highest BCUT2D eigenvalue weighted by atomic mass is 19.1. The third kappa shape index (κ3) is 3.90. The van der Waals surface area contributed by atoms with Crippen molar-refractivity contribution >= 4 is 12.2 Å². The highest BCUT2D eigenvalue weighted by Crippen LogP contribution is 2.21. The first-order valence-corrected chi connectivity index (χ1v) is 6.04. The van der Waals surface area contributed by atoms with Gasteiger partial charge in [0.2, 0.25) is 0 Å². The van der Waals surface area contributed by atoms with Gasteiger partial charge in [0.25, 0.3) is 0 Å². The van der Waals surface area contributed by atoms with E-state index in [2.05, 4.69) is 0 Å². The first kappa shape index (κ1) is 14.2. The SMILES string of the molecule is COCOc1ccccc1/C=C/c1cc(F)cc(F)c1. The van der Waals surface area contributed by atoms with Crippen LogP contribution >= 0.6 is 0 Å². The van der Waals surface area contributed by atoms with Gasteiger partial charge in [0, 0.05) is 18.7 Å². The van der Waals surface area contributed by atoms with Crippen LogP contribution in [0.4, 0.5) is 8.78 Å². The van der Waals surface area contributed by atoms with Crippen LogP contribution in [0.1, 0.15) is 11.1 Å². The Morgan fingerprint density at radius 1 is 1.00 bits per heavy atom. The van der Waals surface area contributed by atoms with Gasteiger partial charge in [-0.1, -0.05) is 30.4 Å². The summed E-state index contributed by atoms with van der Waals surface area (Å²) in [4.78, 5) is 0. The van der Waals surface area contributed by atoms with Gasteiger partial charge in [-0.05, 0) is 23.8 Å². The van der Waals surface area contributed by atoms with Crippen molar-refractivity contribution in [1.29, 1.82) is 0 Å². The topological polar surface area (TPSA) is 18.5 Å². The van der Waals surface area contributed by atoms with Gasteiger partial charge in [-0.2, -0.15) is 0 Å². The summed E-state index contributed by atoms with van der Waals surface area (Å²) in [6.45, 7) is 0.138. The second-order valence-electron chi connectivity index (χ2n) is 4.12. The number of para-hydroxylation sites is 1. The van der Waals surface area contributed by atoms with Crippen molar-refractivity contribution in [3.8, 4) is 5.75 Å². The molecule has 0 amide bonds. The van der Waals surface area contributed by atoms with E-state index >= 15 is 0 Å². The minimum Gasteiger partial charge on any atom is -0.467 e. The Kier molecular flexibility index (Phi) is 4.85. The molecule has 2 nitrogen and oxygen atoms in total. The molecule has 0 unspecified atom stereocenters. The summed E-state index contributed by atoms with van der Waals surface area (Å²) in [5.74, 6) is -0.565. The van der Waals surface area contributed by atoms with Crippen molar-refractivity contribution in [3.05, 3.63) is 65.2 Å². The molecule has 2 rings (SSSR count). The Balaban J connectivity index is 2.22. The van der Waals surface area contributed by atoms with E-state index in [1.807, 2.05) is 18.2 Å². The molecule has 0 atom stereocenters. The predicted molar refractivity (Wildman–Crippen MR) is 74.2 cm³/mol. The molecule has 0 fully saturated rings. The summed E-state index contributed by atoms with van der Waals surface area (Å²) < 4.78 is 36.4. The van der Waals surface area contributed by atoms with Crippen LogP contribution in [-0.2, 0) is 4.74 Å². The molecule has 4 heteroatoms. The molecule has 0 radical (unpaired) electrons. The van der Waals surface area contributed by atoms with Crippen LogP contribution in [0, 0.1) is 11.6 Å². The first-order chi connectivity index (χ1) is 9.69. The van der Waals surface area contributed by atoms with Gasteiger partial charge in [0.15, 0.2) is 6.79 Å². The maximum absolute atomic E-state index is 13.1. The minimum absolute atomic E-state index is 0.138. The predicted octanol–water partition coefficient (Wildman–Crippen LogP) is 4.12. The zero-order valence-corrected chi connectivity index (χ0v) is 11.0. The number of rotatable bonds is 5. The van der Waals surface area contributed by atoms with E-state index in [-0.39, 0.29) is 6.79 Å². The molecular weight excluding hydrogens is 262 g/mol. The molecule has 0 aliphatic carbocycles. The van der Waals surface area contributed by atoms with E-state index in [4.69, 9.17) is 9.47 Å². The zero-order valence-electron chi connectivity index (χ0n) is 11.0. The van der Waals surface area contributed by atoms with E-state index < -0.39 is 11.6 Å². The average molecular weight is 276 g/mol. The van der Waals surface area contributed by atoms with Crippen LogP contribution in [0.15, 0.2) is 42.5 Å². The van der Waals surface area contributed by atoms with Gasteiger partial charge < -0.3 is 9.47 Å². The Labute approximate surface area is 116 Å². The molecule has 2 aromatic carbocycles. The molecule has 20 heavy (non-hydrogen) atoms. The summed E-state index contributed by atoms with van der Waals surface area (Å²) >= 11 is 0. The fourth-order valence-electron chi connectivity index (χ4n) is 1.73. The van der Waals surface area contributed by atoms with Crippen molar-refractivity contribution in [1.82, 2.24) is 0 Å². The lowest BCUT2D eigenvalue weighted by atomic mass is 10.1. The summed E-state index contributed by atoms with van der Waals surface area (Å²) in [5, 5.41) is 0. The Morgan fingerprint density at radius 2 is 1.70 bits per heavy atom. The highest BCUT2D eigenvalue weighted by molar-refractivity contribution is 5.72. The Morgan fingerprint density at radius 3 is 2.40 bits per heavy atom. The summed E-state index contributed by atoms with van der Waals surface area (Å²) in [6, 6.07) is 10.7. The minimum atomic E-state index is -0.603. The molecule has 0 N–H and O–H groups in total. The van der Waals surface area contributed by atoms with Gasteiger partial charge in [-0.25, -0.2) is 8.78 Å². The van der Waals surface area contributed by atoms with E-state index in [1.165, 1.54) is 19.2 Å². The molecule has 0 heterocycles. The molecule has 0 saturated carbocycles. The number of hydrogen-bond donors (Lipinski definition) is 0. The number of halogens is 2. The molecule has 0 aliphatic rings. The quantitative estimate of drug-likeness (QED) is 0.604. The second-order valence-corrected chi connectivity index (χ2v) is 4.12. The largest absolute Gasteiger partial charge is 0.467 e. The van der Waals surface area contributed by atoms with Crippen molar-refractivity contribution in [3.63, 3.8) is 0 Å². The number of methoxy groups -OCH3 is 1. The second kappa shape index (κ2) is 6.82. The third-order valence-corrected chi connectivity index (χ3v) is 2.59. The summed E-state index contributed by atoms with van der Waals surface area (Å²) in [5.41, 5.74) is 1.25. The fraction of sp³-hybridized carbons (Fsp3) is 0.125. The summed E-state index contributed by atoms with van der Waals surface area (Å²) in [6.07, 6.45) is 3.36. The maximum Gasteiger partial charge on any atom is 0.188 e. The van der Waals surface area contributed by atoms with Crippen molar-refractivity contribution in [2.45, 2.75) is 0 Å². The number of ether oxygens (including phenoxy) is 2. The van der Waals surface area contributed by atoms with Gasteiger partial charge in [-0.3, -0.25) is 0 Å².